The maximum atomic E-state index is 14.0. The molecule has 0 aliphatic carbocycles. The molecule has 0 aliphatic heterocycles. The first-order valence-electron chi connectivity index (χ1n) is 12.5. The van der Waals surface area contributed by atoms with Gasteiger partial charge in [-0.3, -0.25) is 20.3 Å². The molecule has 0 saturated carbocycles. The zero-order valence-corrected chi connectivity index (χ0v) is 23.2. The van der Waals surface area contributed by atoms with Gasteiger partial charge in [-0.25, -0.2) is 9.13 Å². The zero-order valence-electron chi connectivity index (χ0n) is 21.4. The SMILES string of the molecule is O=P(Nc1ccccc1)(Nc1ccccc1)Oc1cccc(OP(=O)(Nc2ccccc2)Nc2ccccc2)c1. The third-order valence-corrected chi connectivity index (χ3v) is 8.62. The average molecular weight is 571 g/mol. The van der Waals surface area contributed by atoms with E-state index < -0.39 is 15.3 Å². The van der Waals surface area contributed by atoms with Crippen molar-refractivity contribution < 1.29 is 18.2 Å². The van der Waals surface area contributed by atoms with E-state index in [1.54, 1.807) is 66.7 Å². The summed E-state index contributed by atoms with van der Waals surface area (Å²) >= 11 is 0. The summed E-state index contributed by atoms with van der Waals surface area (Å²) in [6, 6.07) is 43.0. The van der Waals surface area contributed by atoms with Crippen LogP contribution in [0.3, 0.4) is 0 Å². The van der Waals surface area contributed by atoms with E-state index in [9.17, 15) is 9.13 Å². The van der Waals surface area contributed by atoms with Crippen molar-refractivity contribution in [1.29, 1.82) is 0 Å². The van der Waals surface area contributed by atoms with Crippen LogP contribution < -0.4 is 29.4 Å². The molecule has 0 unspecified atom stereocenters. The molecule has 0 aromatic heterocycles. The molecule has 0 saturated heterocycles. The molecule has 5 aromatic rings. The molecule has 4 N–H and O–H groups in total. The van der Waals surface area contributed by atoms with Crippen LogP contribution in [0.5, 0.6) is 11.5 Å². The summed E-state index contributed by atoms with van der Waals surface area (Å²) in [7, 11) is -7.44. The normalized spacial score (nSPS) is 11.2. The third kappa shape index (κ3) is 7.70. The molecule has 5 rings (SSSR count). The van der Waals surface area contributed by atoms with Crippen molar-refractivity contribution in [3.63, 3.8) is 0 Å². The monoisotopic (exact) mass is 570 g/mol. The lowest BCUT2D eigenvalue weighted by Crippen LogP contribution is -2.13. The number of hydrogen-bond donors (Lipinski definition) is 4. The first-order chi connectivity index (χ1) is 19.5. The van der Waals surface area contributed by atoms with Crippen LogP contribution in [0.1, 0.15) is 0 Å². The minimum Gasteiger partial charge on any atom is -0.414 e. The maximum Gasteiger partial charge on any atom is 0.444 e. The van der Waals surface area contributed by atoms with Gasteiger partial charge in [0.25, 0.3) is 0 Å². The smallest absolute Gasteiger partial charge is 0.414 e. The van der Waals surface area contributed by atoms with Crippen LogP contribution in [0.25, 0.3) is 0 Å². The summed E-state index contributed by atoms with van der Waals surface area (Å²) in [5.74, 6) is 0.498. The number of benzene rings is 5. The molecule has 8 nitrogen and oxygen atoms in total. The average Bonchev–Trinajstić information content (AvgIpc) is 2.95. The van der Waals surface area contributed by atoms with E-state index in [1.165, 1.54) is 6.07 Å². The van der Waals surface area contributed by atoms with E-state index in [4.69, 9.17) is 9.05 Å². The second kappa shape index (κ2) is 12.5. The molecule has 0 bridgehead atoms. The first kappa shape index (κ1) is 26.9. The summed E-state index contributed by atoms with van der Waals surface area (Å²) in [4.78, 5) is 0. The molecule has 40 heavy (non-hydrogen) atoms. The lowest BCUT2D eigenvalue weighted by atomic mass is 10.3. The molecule has 0 heterocycles. The van der Waals surface area contributed by atoms with Crippen LogP contribution in [0.15, 0.2) is 146 Å². The van der Waals surface area contributed by atoms with E-state index in [0.717, 1.165) is 0 Å². The Morgan fingerprint density at radius 1 is 0.375 bits per heavy atom. The summed E-state index contributed by atoms with van der Waals surface area (Å²) in [6.45, 7) is 0. The molecule has 0 aliphatic rings. The molecule has 0 atom stereocenters. The van der Waals surface area contributed by atoms with Gasteiger partial charge >= 0.3 is 15.3 Å². The van der Waals surface area contributed by atoms with Gasteiger partial charge in [0, 0.05) is 28.8 Å². The fourth-order valence-electron chi connectivity index (χ4n) is 3.76. The Labute approximate surface area is 233 Å². The summed E-state index contributed by atoms with van der Waals surface area (Å²) in [5.41, 5.74) is 2.46. The predicted molar refractivity (Wildman–Crippen MR) is 163 cm³/mol. The van der Waals surface area contributed by atoms with Crippen LogP contribution in [0, 0.1) is 0 Å². The number of anilines is 4. The van der Waals surface area contributed by atoms with Gasteiger partial charge in [-0.05, 0) is 60.7 Å². The number of nitrogens with one attached hydrogen (secondary N) is 4. The summed E-state index contributed by atoms with van der Waals surface area (Å²) in [6.07, 6.45) is 0. The van der Waals surface area contributed by atoms with E-state index >= 15 is 0 Å². The van der Waals surface area contributed by atoms with E-state index in [1.807, 2.05) is 72.8 Å². The Kier molecular flexibility index (Phi) is 8.41. The predicted octanol–water partition coefficient (Wildman–Crippen LogP) is 9.11. The third-order valence-electron chi connectivity index (χ3n) is 5.47. The molecule has 0 spiro atoms. The largest absolute Gasteiger partial charge is 0.444 e. The minimum absolute atomic E-state index is 0.249. The molecule has 10 heteroatoms. The van der Waals surface area contributed by atoms with Crippen LogP contribution in [0.4, 0.5) is 22.7 Å². The lowest BCUT2D eigenvalue weighted by molar-refractivity contribution is 0.483. The van der Waals surface area contributed by atoms with Gasteiger partial charge in [0.15, 0.2) is 0 Å². The standard InChI is InChI=1S/C30H28N4O4P2/c35-39(31-25-14-5-1-6-15-25,32-26-16-7-2-8-17-26)37-29-22-13-23-30(24-29)38-40(36,33-27-18-9-3-10-19-27)34-28-20-11-4-12-21-28/h1-24H,(H2,31,32,35)(H2,33,34,36). The van der Waals surface area contributed by atoms with E-state index in [-0.39, 0.29) is 11.5 Å². The highest BCUT2D eigenvalue weighted by Crippen LogP contribution is 2.50. The van der Waals surface area contributed by atoms with Gasteiger partial charge in [0.05, 0.1) is 0 Å². The van der Waals surface area contributed by atoms with Crippen molar-refractivity contribution in [2.45, 2.75) is 0 Å². The van der Waals surface area contributed by atoms with Gasteiger partial charge in [-0.1, -0.05) is 78.9 Å². The molecule has 0 amide bonds. The zero-order chi connectivity index (χ0) is 27.7. The molecule has 0 radical (unpaired) electrons. The van der Waals surface area contributed by atoms with E-state index in [2.05, 4.69) is 20.3 Å². The van der Waals surface area contributed by atoms with Gasteiger partial charge < -0.3 is 9.05 Å². The minimum atomic E-state index is -3.72. The van der Waals surface area contributed by atoms with Gasteiger partial charge in [-0.2, -0.15) is 0 Å². The fraction of sp³-hybridized carbons (Fsp3) is 0. The summed E-state index contributed by atoms with van der Waals surface area (Å²) < 4.78 is 40.1. The fourth-order valence-corrected chi connectivity index (χ4v) is 6.83. The Bertz CT molecular complexity index is 1400. The number of rotatable bonds is 12. The van der Waals surface area contributed by atoms with Crippen LogP contribution >= 0.6 is 15.3 Å². The van der Waals surface area contributed by atoms with E-state index in [0.29, 0.717) is 22.7 Å². The highest BCUT2D eigenvalue weighted by Gasteiger charge is 2.28. The van der Waals surface area contributed by atoms with Gasteiger partial charge in [0.2, 0.25) is 0 Å². The topological polar surface area (TPSA) is 101 Å². The molecule has 0 fully saturated rings. The number of hydrogen-bond acceptors (Lipinski definition) is 4. The van der Waals surface area contributed by atoms with Crippen molar-refractivity contribution >= 4 is 38.1 Å². The Hall–Kier alpha value is -4.64. The molecule has 202 valence electrons. The van der Waals surface area contributed by atoms with Crippen LogP contribution in [0.2, 0.25) is 0 Å². The van der Waals surface area contributed by atoms with Crippen LogP contribution in [-0.2, 0) is 9.13 Å². The second-order valence-electron chi connectivity index (χ2n) is 8.67. The quantitative estimate of drug-likeness (QED) is 0.110. The van der Waals surface area contributed by atoms with Crippen molar-refractivity contribution in [2.24, 2.45) is 0 Å². The Balaban J connectivity index is 1.41. The van der Waals surface area contributed by atoms with Crippen molar-refractivity contribution in [2.75, 3.05) is 20.3 Å². The highest BCUT2D eigenvalue weighted by molar-refractivity contribution is 7.62. The van der Waals surface area contributed by atoms with Gasteiger partial charge in [-0.15, -0.1) is 0 Å². The highest BCUT2D eigenvalue weighted by atomic mass is 31.2. The lowest BCUT2D eigenvalue weighted by Gasteiger charge is -2.24. The maximum absolute atomic E-state index is 14.0. The van der Waals surface area contributed by atoms with Gasteiger partial charge in [0.1, 0.15) is 11.5 Å². The Morgan fingerprint density at radius 2 is 0.650 bits per heavy atom. The van der Waals surface area contributed by atoms with Crippen molar-refractivity contribution in [1.82, 2.24) is 0 Å². The van der Waals surface area contributed by atoms with Crippen molar-refractivity contribution in [3.05, 3.63) is 146 Å². The Morgan fingerprint density at radius 3 is 0.925 bits per heavy atom. The molecular weight excluding hydrogens is 542 g/mol. The molecule has 5 aromatic carbocycles. The van der Waals surface area contributed by atoms with Crippen LogP contribution in [-0.4, -0.2) is 0 Å². The number of para-hydroxylation sites is 4. The molecular formula is C30H28N4O4P2. The first-order valence-corrected chi connectivity index (χ1v) is 15.7. The second-order valence-corrected chi connectivity index (χ2v) is 12.1. The van der Waals surface area contributed by atoms with Crippen molar-refractivity contribution in [3.8, 4) is 11.5 Å². The summed E-state index contributed by atoms with van der Waals surface area (Å²) in [5, 5.41) is 11.9.